The second kappa shape index (κ2) is 5.19. The van der Waals surface area contributed by atoms with Crippen molar-refractivity contribution >= 4 is 21.5 Å². The Morgan fingerprint density at radius 1 is 0.545 bits per heavy atom. The maximum atomic E-state index is 5.22. The van der Waals surface area contributed by atoms with E-state index < -0.39 is 0 Å². The minimum absolute atomic E-state index is 0.885. The first-order valence-electron chi connectivity index (χ1n) is 7.40. The highest BCUT2D eigenvalue weighted by Gasteiger charge is 2.02. The fourth-order valence-electron chi connectivity index (χ4n) is 2.90. The van der Waals surface area contributed by atoms with Crippen LogP contribution in [0.4, 0.5) is 0 Å². The number of methoxy groups -OCH3 is 1. The van der Waals surface area contributed by atoms with E-state index >= 15 is 0 Å². The van der Waals surface area contributed by atoms with Crippen molar-refractivity contribution < 1.29 is 4.74 Å². The molecule has 4 rings (SSSR count). The van der Waals surface area contributed by atoms with Gasteiger partial charge in [0.1, 0.15) is 5.75 Å². The van der Waals surface area contributed by atoms with Gasteiger partial charge in [-0.05, 0) is 63.0 Å². The van der Waals surface area contributed by atoms with Crippen LogP contribution >= 0.6 is 0 Å². The van der Waals surface area contributed by atoms with E-state index in [9.17, 15) is 0 Å². The van der Waals surface area contributed by atoms with Crippen LogP contribution < -0.4 is 4.74 Å². The lowest BCUT2D eigenvalue weighted by atomic mass is 9.98. The number of hydrogen-bond acceptors (Lipinski definition) is 1. The van der Waals surface area contributed by atoms with E-state index in [1.807, 2.05) is 12.1 Å². The summed E-state index contributed by atoms with van der Waals surface area (Å²) < 4.78 is 5.22. The first kappa shape index (κ1) is 12.9. The Morgan fingerprint density at radius 2 is 1.14 bits per heavy atom. The highest BCUT2D eigenvalue weighted by molar-refractivity contribution is 5.99. The molecule has 22 heavy (non-hydrogen) atoms. The van der Waals surface area contributed by atoms with E-state index in [4.69, 9.17) is 4.74 Å². The molecule has 0 N–H and O–H groups in total. The van der Waals surface area contributed by atoms with Gasteiger partial charge in [0.05, 0.1) is 7.11 Å². The Morgan fingerprint density at radius 3 is 1.82 bits per heavy atom. The van der Waals surface area contributed by atoms with Crippen LogP contribution in [0.25, 0.3) is 32.7 Å². The smallest absolute Gasteiger partial charge is 0.118 e. The van der Waals surface area contributed by atoms with E-state index in [0.29, 0.717) is 0 Å². The molecule has 4 aromatic carbocycles. The van der Waals surface area contributed by atoms with Crippen molar-refractivity contribution in [3.05, 3.63) is 78.9 Å². The number of hydrogen-bond donors (Lipinski definition) is 0. The van der Waals surface area contributed by atoms with Crippen molar-refractivity contribution in [3.8, 4) is 16.9 Å². The molecule has 0 saturated heterocycles. The fraction of sp³-hybridized carbons (Fsp3) is 0.0476. The van der Waals surface area contributed by atoms with Gasteiger partial charge in [-0.15, -0.1) is 0 Å². The molecule has 0 unspecified atom stereocenters. The minimum atomic E-state index is 0.885. The van der Waals surface area contributed by atoms with Gasteiger partial charge in [-0.3, -0.25) is 0 Å². The summed E-state index contributed by atoms with van der Waals surface area (Å²) in [6, 6.07) is 27.8. The Kier molecular flexibility index (Phi) is 3.05. The Labute approximate surface area is 129 Å². The molecular weight excluding hydrogens is 268 g/mol. The molecule has 0 aliphatic heterocycles. The number of ether oxygens (including phenoxy) is 1. The van der Waals surface area contributed by atoms with Gasteiger partial charge in [0, 0.05) is 0 Å². The topological polar surface area (TPSA) is 9.23 Å². The van der Waals surface area contributed by atoms with Crippen molar-refractivity contribution in [2.24, 2.45) is 0 Å². The quantitative estimate of drug-likeness (QED) is 0.431. The maximum Gasteiger partial charge on any atom is 0.118 e. The zero-order valence-corrected chi connectivity index (χ0v) is 12.4. The van der Waals surface area contributed by atoms with Gasteiger partial charge in [0.15, 0.2) is 0 Å². The summed E-state index contributed by atoms with van der Waals surface area (Å²) in [4.78, 5) is 0. The van der Waals surface area contributed by atoms with Gasteiger partial charge in [-0.1, -0.05) is 48.5 Å². The van der Waals surface area contributed by atoms with E-state index in [1.165, 1.54) is 32.7 Å². The van der Waals surface area contributed by atoms with Crippen LogP contribution in [-0.2, 0) is 0 Å². The molecule has 0 spiro atoms. The summed E-state index contributed by atoms with van der Waals surface area (Å²) >= 11 is 0. The summed E-state index contributed by atoms with van der Waals surface area (Å²) in [6.45, 7) is 0. The van der Waals surface area contributed by atoms with Crippen LogP contribution in [0.2, 0.25) is 0 Å². The predicted octanol–water partition coefficient (Wildman–Crippen LogP) is 5.67. The van der Waals surface area contributed by atoms with Crippen molar-refractivity contribution in [2.75, 3.05) is 7.11 Å². The Hall–Kier alpha value is -2.80. The predicted molar refractivity (Wildman–Crippen MR) is 93.4 cm³/mol. The molecule has 1 heteroatoms. The molecule has 106 valence electrons. The lowest BCUT2D eigenvalue weighted by Gasteiger charge is -2.07. The summed E-state index contributed by atoms with van der Waals surface area (Å²) in [5, 5.41) is 5.11. The third-order valence-electron chi connectivity index (χ3n) is 4.13. The molecule has 0 atom stereocenters. The molecule has 4 aromatic rings. The van der Waals surface area contributed by atoms with Crippen molar-refractivity contribution in [3.63, 3.8) is 0 Å². The molecule has 1 nitrogen and oxygen atoms in total. The largest absolute Gasteiger partial charge is 0.497 e. The van der Waals surface area contributed by atoms with Crippen molar-refractivity contribution in [2.45, 2.75) is 0 Å². The van der Waals surface area contributed by atoms with Gasteiger partial charge in [-0.2, -0.15) is 0 Å². The number of fused-ring (bicyclic) bond motifs is 2. The Balaban J connectivity index is 1.86. The minimum Gasteiger partial charge on any atom is -0.497 e. The highest BCUT2D eigenvalue weighted by atomic mass is 16.5. The molecule has 0 fully saturated rings. The third-order valence-corrected chi connectivity index (χ3v) is 4.13. The van der Waals surface area contributed by atoms with E-state index in [-0.39, 0.29) is 0 Å². The number of rotatable bonds is 2. The molecular formula is C21H16O. The van der Waals surface area contributed by atoms with Crippen LogP contribution in [0.5, 0.6) is 5.75 Å². The lowest BCUT2D eigenvalue weighted by Crippen LogP contribution is -1.83. The molecule has 0 bridgehead atoms. The van der Waals surface area contributed by atoms with Crippen LogP contribution in [0.15, 0.2) is 78.9 Å². The summed E-state index contributed by atoms with van der Waals surface area (Å²) in [5.74, 6) is 0.885. The zero-order valence-electron chi connectivity index (χ0n) is 12.4. The van der Waals surface area contributed by atoms with Gasteiger partial charge in [-0.25, -0.2) is 0 Å². The summed E-state index contributed by atoms with van der Waals surface area (Å²) in [6.07, 6.45) is 0. The SMILES string of the molecule is COc1ccc(-c2ccc3cc4ccccc4cc3c2)cc1. The van der Waals surface area contributed by atoms with E-state index in [1.54, 1.807) is 7.11 Å². The molecule has 0 heterocycles. The standard InChI is InChI=1S/C21H16O/c1-22-21-10-8-15(9-11-21)18-6-7-19-12-16-4-2-3-5-17(16)13-20(19)14-18/h2-14H,1H3. The average molecular weight is 284 g/mol. The normalized spacial score (nSPS) is 11.0. The zero-order chi connectivity index (χ0) is 14.9. The van der Waals surface area contributed by atoms with Gasteiger partial charge in [0.25, 0.3) is 0 Å². The van der Waals surface area contributed by atoms with Crippen LogP contribution in [0.3, 0.4) is 0 Å². The van der Waals surface area contributed by atoms with Crippen LogP contribution in [0.1, 0.15) is 0 Å². The Bertz CT molecular complexity index is 952. The van der Waals surface area contributed by atoms with Gasteiger partial charge < -0.3 is 4.74 Å². The van der Waals surface area contributed by atoms with Crippen molar-refractivity contribution in [1.82, 2.24) is 0 Å². The average Bonchev–Trinajstić information content (AvgIpc) is 2.59. The van der Waals surface area contributed by atoms with Crippen LogP contribution in [-0.4, -0.2) is 7.11 Å². The first-order valence-corrected chi connectivity index (χ1v) is 7.40. The molecule has 0 radical (unpaired) electrons. The highest BCUT2D eigenvalue weighted by Crippen LogP contribution is 2.28. The first-order chi connectivity index (χ1) is 10.8. The lowest BCUT2D eigenvalue weighted by molar-refractivity contribution is 0.415. The van der Waals surface area contributed by atoms with Crippen molar-refractivity contribution in [1.29, 1.82) is 0 Å². The molecule has 0 saturated carbocycles. The molecule has 0 aliphatic carbocycles. The second-order valence-electron chi connectivity index (χ2n) is 5.49. The van der Waals surface area contributed by atoms with Gasteiger partial charge in [0.2, 0.25) is 0 Å². The fourth-order valence-corrected chi connectivity index (χ4v) is 2.90. The molecule has 0 aliphatic rings. The summed E-state index contributed by atoms with van der Waals surface area (Å²) in [7, 11) is 1.69. The second-order valence-corrected chi connectivity index (χ2v) is 5.49. The monoisotopic (exact) mass is 284 g/mol. The van der Waals surface area contributed by atoms with Crippen LogP contribution in [0, 0.1) is 0 Å². The summed E-state index contributed by atoms with van der Waals surface area (Å²) in [5.41, 5.74) is 2.43. The molecule has 0 amide bonds. The van der Waals surface area contributed by atoms with E-state index in [0.717, 1.165) is 5.75 Å². The van der Waals surface area contributed by atoms with E-state index in [2.05, 4.69) is 66.7 Å². The molecule has 0 aromatic heterocycles. The number of benzene rings is 4. The third kappa shape index (κ3) is 2.21. The van der Waals surface area contributed by atoms with Gasteiger partial charge >= 0.3 is 0 Å². The maximum absolute atomic E-state index is 5.22.